The van der Waals surface area contributed by atoms with Crippen LogP contribution in [0.2, 0.25) is 0 Å². The molecule has 2 N–H and O–H groups in total. The Balaban J connectivity index is 1.79. The lowest BCUT2D eigenvalue weighted by atomic mass is 10.1. The molecule has 2 aromatic rings. The van der Waals surface area contributed by atoms with Gasteiger partial charge in [0.2, 0.25) is 5.75 Å². The Morgan fingerprint density at radius 1 is 1.06 bits per heavy atom. The summed E-state index contributed by atoms with van der Waals surface area (Å²) in [5, 5.41) is 0. The fraction of sp³-hybridized carbons (Fsp3) is 0.458. The summed E-state index contributed by atoms with van der Waals surface area (Å²) < 4.78 is 23.2. The van der Waals surface area contributed by atoms with Crippen molar-refractivity contribution in [1.29, 1.82) is 0 Å². The molecular weight excluding hydrogens is 426 g/mol. The highest BCUT2D eigenvalue weighted by Crippen LogP contribution is 2.39. The maximum absolute atomic E-state index is 13.4. The van der Waals surface area contributed by atoms with E-state index in [0.717, 1.165) is 12.8 Å². The van der Waals surface area contributed by atoms with Crippen LogP contribution >= 0.6 is 0 Å². The standard InChI is InChI=1S/C24H31N3O6/c1-4-30-20-12-16(13-21(31-5-2)22(20)32-6-3)24(29)27-11-7-8-18(15-27)33-17-9-10-26-19(14-17)23(25)28/h9-10,12-14,18H,4-8,11,15H2,1-3H3,(H2,25,28). The molecular formula is C24H31N3O6. The number of aromatic nitrogens is 1. The topological polar surface area (TPSA) is 113 Å². The minimum Gasteiger partial charge on any atom is -0.490 e. The molecule has 1 aromatic carbocycles. The first-order chi connectivity index (χ1) is 16.0. The average molecular weight is 458 g/mol. The first-order valence-electron chi connectivity index (χ1n) is 11.2. The van der Waals surface area contributed by atoms with Crippen LogP contribution in [-0.2, 0) is 0 Å². The van der Waals surface area contributed by atoms with Crippen LogP contribution in [0.1, 0.15) is 54.5 Å². The molecule has 0 aliphatic carbocycles. The number of carbonyl (C=O) groups excluding carboxylic acids is 2. The quantitative estimate of drug-likeness (QED) is 0.583. The van der Waals surface area contributed by atoms with Crippen molar-refractivity contribution < 1.29 is 28.5 Å². The second-order valence-corrected chi connectivity index (χ2v) is 7.47. The SMILES string of the molecule is CCOc1cc(C(=O)N2CCCC(Oc3ccnc(C(N)=O)c3)C2)cc(OCC)c1OCC. The minimum absolute atomic E-state index is 0.137. The molecule has 1 aliphatic rings. The molecule has 3 rings (SSSR count). The van der Waals surface area contributed by atoms with Gasteiger partial charge in [-0.2, -0.15) is 0 Å². The van der Waals surface area contributed by atoms with Crippen LogP contribution in [0, 0.1) is 0 Å². The molecule has 9 heteroatoms. The Kier molecular flexibility index (Phi) is 8.34. The Morgan fingerprint density at radius 2 is 1.73 bits per heavy atom. The van der Waals surface area contributed by atoms with E-state index >= 15 is 0 Å². The predicted octanol–water partition coefficient (Wildman–Crippen LogP) is 3.06. The number of likely N-dealkylation sites (tertiary alicyclic amines) is 1. The molecule has 1 saturated heterocycles. The summed E-state index contributed by atoms with van der Waals surface area (Å²) >= 11 is 0. The van der Waals surface area contributed by atoms with Crippen LogP contribution in [0.5, 0.6) is 23.0 Å². The number of nitrogens with zero attached hydrogens (tertiary/aromatic N) is 2. The molecule has 9 nitrogen and oxygen atoms in total. The van der Waals surface area contributed by atoms with Gasteiger partial charge in [-0.15, -0.1) is 0 Å². The number of hydrogen-bond donors (Lipinski definition) is 1. The normalized spacial score (nSPS) is 15.6. The van der Waals surface area contributed by atoms with Gasteiger partial charge in [0.1, 0.15) is 17.5 Å². The maximum atomic E-state index is 13.4. The van der Waals surface area contributed by atoms with Crippen molar-refractivity contribution in [2.75, 3.05) is 32.9 Å². The van der Waals surface area contributed by atoms with Gasteiger partial charge < -0.3 is 29.6 Å². The van der Waals surface area contributed by atoms with Crippen molar-refractivity contribution in [3.05, 3.63) is 41.7 Å². The molecule has 0 radical (unpaired) electrons. The van der Waals surface area contributed by atoms with Crippen molar-refractivity contribution in [3.63, 3.8) is 0 Å². The lowest BCUT2D eigenvalue weighted by Gasteiger charge is -2.33. The number of primary amides is 1. The molecule has 33 heavy (non-hydrogen) atoms. The highest BCUT2D eigenvalue weighted by molar-refractivity contribution is 5.95. The van der Waals surface area contributed by atoms with Crippen LogP contribution in [-0.4, -0.2) is 60.7 Å². The van der Waals surface area contributed by atoms with Gasteiger partial charge in [0.05, 0.1) is 26.4 Å². The molecule has 0 spiro atoms. The zero-order valence-electron chi connectivity index (χ0n) is 19.3. The van der Waals surface area contributed by atoms with E-state index in [9.17, 15) is 9.59 Å². The number of benzene rings is 1. The third kappa shape index (κ3) is 6.06. The summed E-state index contributed by atoms with van der Waals surface area (Å²) in [7, 11) is 0. The van der Waals surface area contributed by atoms with Crippen molar-refractivity contribution in [2.24, 2.45) is 5.73 Å². The van der Waals surface area contributed by atoms with Gasteiger partial charge in [0.15, 0.2) is 11.5 Å². The predicted molar refractivity (Wildman–Crippen MR) is 122 cm³/mol. The van der Waals surface area contributed by atoms with Crippen LogP contribution in [0.3, 0.4) is 0 Å². The van der Waals surface area contributed by atoms with E-state index in [4.69, 9.17) is 24.7 Å². The van der Waals surface area contributed by atoms with Gasteiger partial charge in [-0.25, -0.2) is 0 Å². The third-order valence-electron chi connectivity index (χ3n) is 5.11. The van der Waals surface area contributed by atoms with Crippen LogP contribution < -0.4 is 24.7 Å². The van der Waals surface area contributed by atoms with Gasteiger partial charge in [-0.1, -0.05) is 0 Å². The van der Waals surface area contributed by atoms with Crippen molar-refractivity contribution in [3.8, 4) is 23.0 Å². The zero-order chi connectivity index (χ0) is 23.8. The fourth-order valence-electron chi connectivity index (χ4n) is 3.73. The molecule has 1 unspecified atom stereocenters. The Morgan fingerprint density at radius 3 is 2.33 bits per heavy atom. The number of piperidine rings is 1. The smallest absolute Gasteiger partial charge is 0.267 e. The van der Waals surface area contributed by atoms with Gasteiger partial charge in [-0.05, 0) is 51.8 Å². The van der Waals surface area contributed by atoms with E-state index in [2.05, 4.69) is 4.98 Å². The first kappa shape index (κ1) is 24.2. The van der Waals surface area contributed by atoms with Crippen LogP contribution in [0.4, 0.5) is 0 Å². The van der Waals surface area contributed by atoms with E-state index in [0.29, 0.717) is 61.5 Å². The van der Waals surface area contributed by atoms with Gasteiger partial charge in [0.25, 0.3) is 11.8 Å². The van der Waals surface area contributed by atoms with E-state index in [1.54, 1.807) is 23.1 Å². The monoisotopic (exact) mass is 457 g/mol. The summed E-state index contributed by atoms with van der Waals surface area (Å²) in [6.07, 6.45) is 2.84. The van der Waals surface area contributed by atoms with Crippen LogP contribution in [0.15, 0.2) is 30.5 Å². The van der Waals surface area contributed by atoms with E-state index < -0.39 is 5.91 Å². The number of ether oxygens (including phenoxy) is 4. The average Bonchev–Trinajstić information content (AvgIpc) is 2.81. The van der Waals surface area contributed by atoms with E-state index in [1.807, 2.05) is 20.8 Å². The molecule has 178 valence electrons. The third-order valence-corrected chi connectivity index (χ3v) is 5.11. The molecule has 1 aromatic heterocycles. The zero-order valence-corrected chi connectivity index (χ0v) is 19.3. The Bertz CT molecular complexity index is 953. The number of amides is 2. The summed E-state index contributed by atoms with van der Waals surface area (Å²) in [6, 6.07) is 6.58. The van der Waals surface area contributed by atoms with Gasteiger partial charge in [0, 0.05) is 24.4 Å². The highest BCUT2D eigenvalue weighted by atomic mass is 16.5. The molecule has 2 amide bonds. The van der Waals surface area contributed by atoms with Crippen molar-refractivity contribution in [1.82, 2.24) is 9.88 Å². The van der Waals surface area contributed by atoms with Crippen molar-refractivity contribution in [2.45, 2.75) is 39.7 Å². The fourth-order valence-corrected chi connectivity index (χ4v) is 3.73. The molecule has 2 heterocycles. The minimum atomic E-state index is -0.619. The lowest BCUT2D eigenvalue weighted by Crippen LogP contribution is -2.44. The first-order valence-corrected chi connectivity index (χ1v) is 11.2. The second kappa shape index (κ2) is 11.4. The molecule has 0 bridgehead atoms. The summed E-state index contributed by atoms with van der Waals surface area (Å²) in [4.78, 5) is 30.4. The molecule has 0 saturated carbocycles. The lowest BCUT2D eigenvalue weighted by molar-refractivity contribution is 0.0536. The highest BCUT2D eigenvalue weighted by Gasteiger charge is 2.28. The number of hydrogen-bond acceptors (Lipinski definition) is 7. The molecule has 1 aliphatic heterocycles. The number of nitrogens with two attached hydrogens (primary N) is 1. The Labute approximate surface area is 193 Å². The number of rotatable bonds is 10. The van der Waals surface area contributed by atoms with Gasteiger partial charge >= 0.3 is 0 Å². The summed E-state index contributed by atoms with van der Waals surface area (Å²) in [5.74, 6) is 1.20. The Hall–Kier alpha value is -3.49. The number of pyridine rings is 1. The largest absolute Gasteiger partial charge is 0.490 e. The van der Waals surface area contributed by atoms with Crippen LogP contribution in [0.25, 0.3) is 0 Å². The number of carbonyl (C=O) groups is 2. The van der Waals surface area contributed by atoms with E-state index in [-0.39, 0.29) is 17.7 Å². The second-order valence-electron chi connectivity index (χ2n) is 7.47. The molecule has 1 atom stereocenters. The summed E-state index contributed by atoms with van der Waals surface area (Å²) in [6.45, 7) is 7.97. The van der Waals surface area contributed by atoms with E-state index in [1.165, 1.54) is 12.3 Å². The van der Waals surface area contributed by atoms with Gasteiger partial charge in [-0.3, -0.25) is 14.6 Å². The van der Waals surface area contributed by atoms with Crippen molar-refractivity contribution >= 4 is 11.8 Å². The summed E-state index contributed by atoms with van der Waals surface area (Å²) in [5.41, 5.74) is 5.90. The maximum Gasteiger partial charge on any atom is 0.267 e. The molecule has 1 fully saturated rings.